The molecule has 16 heavy (non-hydrogen) atoms. The van der Waals surface area contributed by atoms with Gasteiger partial charge in [0.15, 0.2) is 0 Å². The van der Waals surface area contributed by atoms with Gasteiger partial charge in [0.05, 0.1) is 0 Å². The van der Waals surface area contributed by atoms with Gasteiger partial charge in [-0.1, -0.05) is 32.6 Å². The van der Waals surface area contributed by atoms with Gasteiger partial charge < -0.3 is 5.32 Å². The summed E-state index contributed by atoms with van der Waals surface area (Å²) in [6.45, 7) is 2.84. The molecule has 0 aliphatic heterocycles. The third-order valence-electron chi connectivity index (χ3n) is 3.31. The van der Waals surface area contributed by atoms with E-state index in [9.17, 15) is 9.59 Å². The van der Waals surface area contributed by atoms with Crippen LogP contribution in [0.15, 0.2) is 0 Å². The van der Waals surface area contributed by atoms with Gasteiger partial charge in [0.1, 0.15) is 0 Å². The zero-order chi connectivity index (χ0) is 12.0. The molecule has 0 aromatic rings. The summed E-state index contributed by atoms with van der Waals surface area (Å²) in [5.74, 6) is 4.95. The number of rotatable bonds is 3. The minimum absolute atomic E-state index is 0.561. The lowest BCUT2D eigenvalue weighted by molar-refractivity contribution is -0.139. The molecule has 4 N–H and O–H groups in total. The van der Waals surface area contributed by atoms with Gasteiger partial charge in [-0.15, -0.1) is 0 Å². The Hall–Kier alpha value is -1.10. The molecule has 2 amide bonds. The molecule has 0 unspecified atom stereocenters. The number of carbonyl (C=O) groups excluding carboxylic acids is 2. The first kappa shape index (κ1) is 13.0. The van der Waals surface area contributed by atoms with Gasteiger partial charge in [-0.25, -0.2) is 5.84 Å². The molecule has 0 aromatic carbocycles. The molecular formula is C11H21N3O2. The fourth-order valence-electron chi connectivity index (χ4n) is 2.15. The van der Waals surface area contributed by atoms with Crippen molar-refractivity contribution in [2.24, 2.45) is 17.7 Å². The number of hydrazine groups is 1. The molecule has 0 saturated heterocycles. The molecule has 1 fully saturated rings. The molecule has 92 valence electrons. The van der Waals surface area contributed by atoms with Crippen molar-refractivity contribution in [1.82, 2.24) is 10.7 Å². The minimum atomic E-state index is -0.780. The van der Waals surface area contributed by atoms with Crippen molar-refractivity contribution in [1.29, 1.82) is 0 Å². The number of amides is 2. The summed E-state index contributed by atoms with van der Waals surface area (Å²) >= 11 is 0. The lowest BCUT2D eigenvalue weighted by Crippen LogP contribution is -2.43. The van der Waals surface area contributed by atoms with Crippen LogP contribution >= 0.6 is 0 Å². The molecule has 0 radical (unpaired) electrons. The maximum absolute atomic E-state index is 11.1. The molecule has 0 spiro atoms. The second kappa shape index (κ2) is 6.48. The van der Waals surface area contributed by atoms with Crippen molar-refractivity contribution < 1.29 is 9.59 Å². The highest BCUT2D eigenvalue weighted by atomic mass is 16.2. The van der Waals surface area contributed by atoms with Gasteiger partial charge in [-0.05, 0) is 18.3 Å². The molecule has 0 aromatic heterocycles. The zero-order valence-electron chi connectivity index (χ0n) is 9.79. The van der Waals surface area contributed by atoms with E-state index in [0.717, 1.165) is 12.3 Å². The van der Waals surface area contributed by atoms with Crippen molar-refractivity contribution in [3.8, 4) is 0 Å². The van der Waals surface area contributed by atoms with Gasteiger partial charge in [-0.2, -0.15) is 0 Å². The van der Waals surface area contributed by atoms with E-state index in [1.807, 2.05) is 5.43 Å². The monoisotopic (exact) mass is 227 g/mol. The molecule has 0 bridgehead atoms. The summed E-state index contributed by atoms with van der Waals surface area (Å²) in [4.78, 5) is 21.9. The highest BCUT2D eigenvalue weighted by molar-refractivity contribution is 6.34. The fourth-order valence-corrected chi connectivity index (χ4v) is 2.15. The Morgan fingerprint density at radius 1 is 1.19 bits per heavy atom. The average Bonchev–Trinajstić information content (AvgIpc) is 2.30. The number of carbonyl (C=O) groups is 2. The van der Waals surface area contributed by atoms with E-state index >= 15 is 0 Å². The predicted octanol–water partition coefficient (Wildman–Crippen LogP) is 0.309. The predicted molar refractivity (Wildman–Crippen MR) is 61.1 cm³/mol. The highest BCUT2D eigenvalue weighted by Crippen LogP contribution is 2.29. The van der Waals surface area contributed by atoms with Gasteiger partial charge in [0.25, 0.3) is 0 Å². The van der Waals surface area contributed by atoms with E-state index in [4.69, 9.17) is 5.84 Å². The van der Waals surface area contributed by atoms with E-state index < -0.39 is 11.8 Å². The van der Waals surface area contributed by atoms with Gasteiger partial charge in [-0.3, -0.25) is 15.0 Å². The van der Waals surface area contributed by atoms with E-state index in [0.29, 0.717) is 12.5 Å². The molecule has 0 heterocycles. The molecule has 0 atom stereocenters. The Kier molecular flexibility index (Phi) is 5.25. The Morgan fingerprint density at radius 2 is 1.81 bits per heavy atom. The molecule has 5 nitrogen and oxygen atoms in total. The standard InChI is InChI=1S/C11H21N3O2/c1-8-2-4-9(5-3-8)6-7-13-10(15)11(16)14-12/h8-9H,2-7,12H2,1H3,(H,13,15)(H,14,16). The van der Waals surface area contributed by atoms with Crippen LogP contribution in [0.5, 0.6) is 0 Å². The number of hydrogen-bond donors (Lipinski definition) is 3. The highest BCUT2D eigenvalue weighted by Gasteiger charge is 2.18. The molecule has 5 heteroatoms. The maximum Gasteiger partial charge on any atom is 0.323 e. The minimum Gasteiger partial charge on any atom is -0.348 e. The first-order valence-corrected chi connectivity index (χ1v) is 5.92. The SMILES string of the molecule is CC1CCC(CCNC(=O)C(=O)NN)CC1. The Bertz CT molecular complexity index is 248. The molecule has 1 rings (SSSR count). The van der Waals surface area contributed by atoms with Gasteiger partial charge >= 0.3 is 11.8 Å². The largest absolute Gasteiger partial charge is 0.348 e. The summed E-state index contributed by atoms with van der Waals surface area (Å²) in [6, 6.07) is 0. The Balaban J connectivity index is 2.11. The number of nitrogens with one attached hydrogen (secondary N) is 2. The van der Waals surface area contributed by atoms with Crippen molar-refractivity contribution in [2.45, 2.75) is 39.0 Å². The molecule has 1 aliphatic carbocycles. The van der Waals surface area contributed by atoms with Crippen LogP contribution in [0.1, 0.15) is 39.0 Å². The van der Waals surface area contributed by atoms with Crippen molar-refractivity contribution in [3.05, 3.63) is 0 Å². The quantitative estimate of drug-likeness (QED) is 0.281. The lowest BCUT2D eigenvalue weighted by atomic mass is 9.81. The van der Waals surface area contributed by atoms with Crippen LogP contribution in [0.25, 0.3) is 0 Å². The average molecular weight is 227 g/mol. The Morgan fingerprint density at radius 3 is 2.38 bits per heavy atom. The zero-order valence-corrected chi connectivity index (χ0v) is 9.79. The Labute approximate surface area is 96.1 Å². The van der Waals surface area contributed by atoms with Crippen LogP contribution in [0.4, 0.5) is 0 Å². The van der Waals surface area contributed by atoms with Gasteiger partial charge in [0.2, 0.25) is 0 Å². The summed E-state index contributed by atoms with van der Waals surface area (Å²) in [5.41, 5.74) is 1.81. The number of hydrogen-bond acceptors (Lipinski definition) is 3. The first-order valence-electron chi connectivity index (χ1n) is 5.92. The summed E-state index contributed by atoms with van der Waals surface area (Å²) in [7, 11) is 0. The normalized spacial score (nSPS) is 24.9. The number of nitrogens with two attached hydrogens (primary N) is 1. The summed E-state index contributed by atoms with van der Waals surface area (Å²) < 4.78 is 0. The molecular weight excluding hydrogens is 206 g/mol. The van der Waals surface area contributed by atoms with E-state index in [-0.39, 0.29) is 0 Å². The summed E-state index contributed by atoms with van der Waals surface area (Å²) in [5, 5.41) is 2.56. The van der Waals surface area contributed by atoms with E-state index in [1.165, 1.54) is 25.7 Å². The van der Waals surface area contributed by atoms with Crippen LogP contribution in [-0.2, 0) is 9.59 Å². The molecule has 1 saturated carbocycles. The van der Waals surface area contributed by atoms with Crippen molar-refractivity contribution in [2.75, 3.05) is 6.54 Å². The second-order valence-corrected chi connectivity index (χ2v) is 4.64. The van der Waals surface area contributed by atoms with E-state index in [2.05, 4.69) is 12.2 Å². The summed E-state index contributed by atoms with van der Waals surface area (Å²) in [6.07, 6.45) is 5.99. The fraction of sp³-hybridized carbons (Fsp3) is 0.818. The van der Waals surface area contributed by atoms with Crippen LogP contribution in [0, 0.1) is 11.8 Å². The van der Waals surface area contributed by atoms with Gasteiger partial charge in [0, 0.05) is 6.54 Å². The van der Waals surface area contributed by atoms with Crippen LogP contribution < -0.4 is 16.6 Å². The van der Waals surface area contributed by atoms with Crippen molar-refractivity contribution in [3.63, 3.8) is 0 Å². The lowest BCUT2D eigenvalue weighted by Gasteiger charge is -2.25. The third kappa shape index (κ3) is 4.18. The molecule has 1 aliphatic rings. The van der Waals surface area contributed by atoms with E-state index in [1.54, 1.807) is 0 Å². The third-order valence-corrected chi connectivity index (χ3v) is 3.31. The van der Waals surface area contributed by atoms with Crippen LogP contribution in [0.2, 0.25) is 0 Å². The topological polar surface area (TPSA) is 84.2 Å². The maximum atomic E-state index is 11.1. The second-order valence-electron chi connectivity index (χ2n) is 4.64. The van der Waals surface area contributed by atoms with Crippen LogP contribution in [0.3, 0.4) is 0 Å². The first-order chi connectivity index (χ1) is 7.63. The van der Waals surface area contributed by atoms with Crippen LogP contribution in [-0.4, -0.2) is 18.4 Å². The smallest absolute Gasteiger partial charge is 0.323 e. The van der Waals surface area contributed by atoms with Crippen molar-refractivity contribution >= 4 is 11.8 Å².